The minimum Gasteiger partial charge on any atom is -0.493 e. The minimum absolute atomic E-state index is 0.569. The maximum atomic E-state index is 5.92. The van der Waals surface area contributed by atoms with E-state index in [1.807, 2.05) is 35.0 Å². The summed E-state index contributed by atoms with van der Waals surface area (Å²) in [6.45, 7) is 6.79. The van der Waals surface area contributed by atoms with Crippen LogP contribution in [-0.2, 0) is 13.1 Å². The van der Waals surface area contributed by atoms with Crippen molar-refractivity contribution < 1.29 is 4.74 Å². The Balaban J connectivity index is 1.50. The molecule has 1 atom stereocenters. The molecule has 6 nitrogen and oxygen atoms in total. The molecule has 1 aliphatic heterocycles. The summed E-state index contributed by atoms with van der Waals surface area (Å²) in [6, 6.07) is 10.1. The van der Waals surface area contributed by atoms with E-state index in [-0.39, 0.29) is 0 Å². The highest BCUT2D eigenvalue weighted by molar-refractivity contribution is 5.20. The van der Waals surface area contributed by atoms with Crippen LogP contribution >= 0.6 is 0 Å². The molecule has 6 heteroatoms. The van der Waals surface area contributed by atoms with Gasteiger partial charge in [-0.15, -0.1) is 5.10 Å². The molecule has 1 unspecified atom stereocenters. The molecule has 0 bridgehead atoms. The van der Waals surface area contributed by atoms with Crippen LogP contribution < -0.4 is 4.74 Å². The number of aryl methyl sites for hydroxylation is 1. The van der Waals surface area contributed by atoms with Crippen molar-refractivity contribution in [2.75, 3.05) is 19.7 Å². The predicted molar refractivity (Wildman–Crippen MR) is 88.0 cm³/mol. The molecule has 2 heterocycles. The fraction of sp³-hybridized carbons (Fsp3) is 0.588. The van der Waals surface area contributed by atoms with Gasteiger partial charge in [-0.1, -0.05) is 25.1 Å². The third kappa shape index (κ3) is 4.51. The second-order valence-corrected chi connectivity index (χ2v) is 6.19. The summed E-state index contributed by atoms with van der Waals surface area (Å²) >= 11 is 0. The lowest BCUT2D eigenvalue weighted by Crippen LogP contribution is -2.38. The zero-order valence-corrected chi connectivity index (χ0v) is 13.8. The lowest BCUT2D eigenvalue weighted by atomic mass is 9.99. The van der Waals surface area contributed by atoms with Gasteiger partial charge in [-0.25, -0.2) is 4.68 Å². The molecule has 1 aliphatic rings. The molecule has 23 heavy (non-hydrogen) atoms. The number of rotatable bonds is 7. The largest absolute Gasteiger partial charge is 0.493 e. The molecule has 0 N–H and O–H groups in total. The topological polar surface area (TPSA) is 56.1 Å². The highest BCUT2D eigenvalue weighted by Gasteiger charge is 2.22. The molecule has 0 radical (unpaired) electrons. The van der Waals surface area contributed by atoms with Crippen LogP contribution in [-0.4, -0.2) is 44.8 Å². The highest BCUT2D eigenvalue weighted by Crippen LogP contribution is 2.19. The lowest BCUT2D eigenvalue weighted by Gasteiger charge is -2.32. The lowest BCUT2D eigenvalue weighted by molar-refractivity contribution is 0.121. The standard InChI is InChI=1S/C17H25N5O/c1-2-10-22-17(18-19-20-22)13-21-11-6-7-15(12-21)14-23-16-8-4-3-5-9-16/h3-5,8-9,15H,2,6-7,10-14H2,1H3. The Morgan fingerprint density at radius 2 is 2.13 bits per heavy atom. The SMILES string of the molecule is CCCn1nnnc1CN1CCCC(COc2ccccc2)C1. The smallest absolute Gasteiger partial charge is 0.165 e. The van der Waals surface area contributed by atoms with Crippen molar-refractivity contribution in [2.45, 2.75) is 39.3 Å². The van der Waals surface area contributed by atoms with Crippen LogP contribution in [0.3, 0.4) is 0 Å². The van der Waals surface area contributed by atoms with Crippen molar-refractivity contribution >= 4 is 0 Å². The number of likely N-dealkylation sites (tertiary alicyclic amines) is 1. The molecular formula is C17H25N5O. The van der Waals surface area contributed by atoms with Crippen molar-refractivity contribution in [1.29, 1.82) is 0 Å². The Labute approximate surface area is 137 Å². The number of ether oxygens (including phenoxy) is 1. The zero-order valence-electron chi connectivity index (χ0n) is 13.8. The van der Waals surface area contributed by atoms with E-state index in [4.69, 9.17) is 4.74 Å². The number of hydrogen-bond donors (Lipinski definition) is 0. The summed E-state index contributed by atoms with van der Waals surface area (Å²) in [5, 5.41) is 12.1. The Kier molecular flexibility index (Phi) is 5.58. The van der Waals surface area contributed by atoms with Crippen molar-refractivity contribution in [3.8, 4) is 5.75 Å². The summed E-state index contributed by atoms with van der Waals surface area (Å²) in [5.41, 5.74) is 0. The van der Waals surface area contributed by atoms with Crippen LogP contribution in [0.25, 0.3) is 0 Å². The number of hydrogen-bond acceptors (Lipinski definition) is 5. The zero-order chi connectivity index (χ0) is 15.9. The van der Waals surface area contributed by atoms with E-state index in [2.05, 4.69) is 27.3 Å². The molecular weight excluding hydrogens is 290 g/mol. The van der Waals surface area contributed by atoms with E-state index in [1.165, 1.54) is 12.8 Å². The normalized spacial score (nSPS) is 18.9. The van der Waals surface area contributed by atoms with Crippen LogP contribution in [0.4, 0.5) is 0 Å². The average molecular weight is 315 g/mol. The second-order valence-electron chi connectivity index (χ2n) is 6.19. The summed E-state index contributed by atoms with van der Waals surface area (Å²) in [4.78, 5) is 2.44. The minimum atomic E-state index is 0.569. The van der Waals surface area contributed by atoms with Crippen LogP contribution in [0, 0.1) is 5.92 Å². The number of tetrazole rings is 1. The number of para-hydroxylation sites is 1. The molecule has 1 fully saturated rings. The van der Waals surface area contributed by atoms with Crippen molar-refractivity contribution in [3.05, 3.63) is 36.2 Å². The molecule has 124 valence electrons. The molecule has 0 spiro atoms. The highest BCUT2D eigenvalue weighted by atomic mass is 16.5. The van der Waals surface area contributed by atoms with Gasteiger partial charge in [0.15, 0.2) is 5.82 Å². The van der Waals surface area contributed by atoms with Gasteiger partial charge in [-0.05, 0) is 48.4 Å². The maximum Gasteiger partial charge on any atom is 0.165 e. The summed E-state index contributed by atoms with van der Waals surface area (Å²) in [5.74, 6) is 2.49. The van der Waals surface area contributed by atoms with E-state index in [9.17, 15) is 0 Å². The maximum absolute atomic E-state index is 5.92. The van der Waals surface area contributed by atoms with Gasteiger partial charge in [0, 0.05) is 19.0 Å². The quantitative estimate of drug-likeness (QED) is 0.785. The van der Waals surface area contributed by atoms with Crippen molar-refractivity contribution in [1.82, 2.24) is 25.1 Å². The van der Waals surface area contributed by atoms with E-state index in [0.717, 1.165) is 50.8 Å². The molecule has 3 rings (SSSR count). The van der Waals surface area contributed by atoms with Crippen LogP contribution in [0.2, 0.25) is 0 Å². The van der Waals surface area contributed by atoms with Crippen LogP contribution in [0.15, 0.2) is 30.3 Å². The van der Waals surface area contributed by atoms with Gasteiger partial charge < -0.3 is 4.74 Å². The Morgan fingerprint density at radius 3 is 2.96 bits per heavy atom. The Morgan fingerprint density at radius 1 is 1.26 bits per heavy atom. The van der Waals surface area contributed by atoms with Crippen LogP contribution in [0.5, 0.6) is 5.75 Å². The molecule has 0 saturated carbocycles. The molecule has 1 aromatic heterocycles. The van der Waals surface area contributed by atoms with Gasteiger partial charge in [0.1, 0.15) is 5.75 Å². The van der Waals surface area contributed by atoms with Gasteiger partial charge in [-0.3, -0.25) is 4.90 Å². The van der Waals surface area contributed by atoms with Gasteiger partial charge >= 0.3 is 0 Å². The number of aromatic nitrogens is 4. The first kappa shape index (κ1) is 15.9. The van der Waals surface area contributed by atoms with E-state index in [1.54, 1.807) is 0 Å². The fourth-order valence-corrected chi connectivity index (χ4v) is 3.08. The average Bonchev–Trinajstić information content (AvgIpc) is 3.02. The Hall–Kier alpha value is -1.95. The van der Waals surface area contributed by atoms with Crippen LogP contribution in [0.1, 0.15) is 32.0 Å². The molecule has 1 aromatic carbocycles. The van der Waals surface area contributed by atoms with Crippen molar-refractivity contribution in [2.24, 2.45) is 5.92 Å². The fourth-order valence-electron chi connectivity index (χ4n) is 3.08. The first-order valence-electron chi connectivity index (χ1n) is 8.50. The van der Waals surface area contributed by atoms with Crippen molar-refractivity contribution in [3.63, 3.8) is 0 Å². The third-order valence-corrected chi connectivity index (χ3v) is 4.24. The van der Waals surface area contributed by atoms with Gasteiger partial charge in [-0.2, -0.15) is 0 Å². The first-order chi connectivity index (χ1) is 11.3. The summed E-state index contributed by atoms with van der Waals surface area (Å²) in [6.07, 6.45) is 3.48. The van der Waals surface area contributed by atoms with E-state index < -0.39 is 0 Å². The number of nitrogens with zero attached hydrogens (tertiary/aromatic N) is 5. The summed E-state index contributed by atoms with van der Waals surface area (Å²) in [7, 11) is 0. The molecule has 1 saturated heterocycles. The van der Waals surface area contributed by atoms with Gasteiger partial charge in [0.25, 0.3) is 0 Å². The number of piperidine rings is 1. The monoisotopic (exact) mass is 315 g/mol. The first-order valence-corrected chi connectivity index (χ1v) is 8.50. The third-order valence-electron chi connectivity index (χ3n) is 4.24. The van der Waals surface area contributed by atoms with Gasteiger partial charge in [0.05, 0.1) is 13.2 Å². The van der Waals surface area contributed by atoms with E-state index >= 15 is 0 Å². The molecule has 0 amide bonds. The summed E-state index contributed by atoms with van der Waals surface area (Å²) < 4.78 is 7.84. The van der Waals surface area contributed by atoms with E-state index in [0.29, 0.717) is 5.92 Å². The Bertz CT molecular complexity index is 586. The molecule has 2 aromatic rings. The van der Waals surface area contributed by atoms with Gasteiger partial charge in [0.2, 0.25) is 0 Å². The number of benzene rings is 1. The second kappa shape index (κ2) is 8.06. The molecule has 0 aliphatic carbocycles. The predicted octanol–water partition coefficient (Wildman–Crippen LogP) is 2.37.